The number of rotatable bonds is 5. The summed E-state index contributed by atoms with van der Waals surface area (Å²) in [5.41, 5.74) is 0. The molecular formula is C12H19N3O4S. The van der Waals surface area contributed by atoms with E-state index < -0.39 is 16.0 Å². The molecule has 0 aliphatic carbocycles. The van der Waals surface area contributed by atoms with E-state index in [-0.39, 0.29) is 11.4 Å². The van der Waals surface area contributed by atoms with Gasteiger partial charge in [0.2, 0.25) is 0 Å². The fraction of sp³-hybridized carbons (Fsp3) is 0.667. The summed E-state index contributed by atoms with van der Waals surface area (Å²) in [6, 6.07) is 0. The van der Waals surface area contributed by atoms with E-state index in [1.54, 1.807) is 11.6 Å². The first kappa shape index (κ1) is 15.0. The highest BCUT2D eigenvalue weighted by atomic mass is 32.2. The molecule has 2 rings (SSSR count). The van der Waals surface area contributed by atoms with Gasteiger partial charge in [0.25, 0.3) is 10.0 Å². The molecule has 0 atom stereocenters. The van der Waals surface area contributed by atoms with Gasteiger partial charge in [-0.2, -0.15) is 4.31 Å². The van der Waals surface area contributed by atoms with Gasteiger partial charge in [-0.15, -0.1) is 0 Å². The van der Waals surface area contributed by atoms with Crippen molar-refractivity contribution in [3.05, 3.63) is 12.5 Å². The first-order chi connectivity index (χ1) is 9.39. The van der Waals surface area contributed by atoms with E-state index in [1.807, 2.05) is 0 Å². The molecule has 1 aliphatic heterocycles. The quantitative estimate of drug-likeness (QED) is 0.863. The molecule has 0 amide bonds. The molecular weight excluding hydrogens is 282 g/mol. The van der Waals surface area contributed by atoms with Gasteiger partial charge in [-0.25, -0.2) is 13.4 Å². The zero-order chi connectivity index (χ0) is 14.8. The molecule has 20 heavy (non-hydrogen) atoms. The maximum absolute atomic E-state index is 12.3. The van der Waals surface area contributed by atoms with Crippen molar-refractivity contribution in [3.63, 3.8) is 0 Å². The summed E-state index contributed by atoms with van der Waals surface area (Å²) in [6.07, 6.45) is 5.14. The number of imidazole rings is 1. The Hall–Kier alpha value is -1.41. The molecule has 0 radical (unpaired) electrons. The summed E-state index contributed by atoms with van der Waals surface area (Å²) in [5.74, 6) is -0.505. The van der Waals surface area contributed by atoms with Crippen molar-refractivity contribution in [3.8, 4) is 0 Å². The van der Waals surface area contributed by atoms with Crippen molar-refractivity contribution < 1.29 is 18.3 Å². The number of hydrogen-bond acceptors (Lipinski definition) is 4. The molecule has 0 bridgehead atoms. The van der Waals surface area contributed by atoms with Gasteiger partial charge in [-0.3, -0.25) is 4.79 Å². The highest BCUT2D eigenvalue weighted by Gasteiger charge is 2.30. The number of carboxylic acid groups (broad SMARTS) is 1. The van der Waals surface area contributed by atoms with E-state index in [1.165, 1.54) is 16.8 Å². The number of aliphatic carboxylic acids is 1. The van der Waals surface area contributed by atoms with E-state index in [4.69, 9.17) is 5.11 Å². The molecule has 1 saturated heterocycles. The number of piperidine rings is 1. The van der Waals surface area contributed by atoms with Crippen LogP contribution in [0.25, 0.3) is 0 Å². The second-order valence-electron chi connectivity index (χ2n) is 5.16. The molecule has 8 heteroatoms. The topological polar surface area (TPSA) is 92.5 Å². The van der Waals surface area contributed by atoms with Gasteiger partial charge in [-0.05, 0) is 25.2 Å². The minimum atomic E-state index is -3.51. The first-order valence-corrected chi connectivity index (χ1v) is 8.03. The zero-order valence-corrected chi connectivity index (χ0v) is 12.2. The third kappa shape index (κ3) is 3.37. The van der Waals surface area contributed by atoms with Gasteiger partial charge in [0.05, 0.1) is 6.33 Å². The van der Waals surface area contributed by atoms with Gasteiger partial charge >= 0.3 is 5.97 Å². The lowest BCUT2D eigenvalue weighted by atomic mass is 9.93. The lowest BCUT2D eigenvalue weighted by molar-refractivity contribution is -0.137. The average Bonchev–Trinajstić information content (AvgIpc) is 2.84. The predicted molar refractivity (Wildman–Crippen MR) is 71.6 cm³/mol. The Bertz CT molecular complexity index is 573. The van der Waals surface area contributed by atoms with Crippen LogP contribution in [0.15, 0.2) is 17.6 Å². The molecule has 1 aromatic rings. The molecule has 0 unspecified atom stereocenters. The van der Waals surface area contributed by atoms with Crippen LogP contribution in [0.5, 0.6) is 0 Å². The molecule has 1 aromatic heterocycles. The van der Waals surface area contributed by atoms with E-state index in [9.17, 15) is 13.2 Å². The van der Waals surface area contributed by atoms with Gasteiger partial charge < -0.3 is 9.67 Å². The number of sulfonamides is 1. The summed E-state index contributed by atoms with van der Waals surface area (Å²) in [6.45, 7) is 0.867. The Morgan fingerprint density at radius 2 is 2.10 bits per heavy atom. The lowest BCUT2D eigenvalue weighted by Gasteiger charge is -2.30. The van der Waals surface area contributed by atoms with Crippen LogP contribution >= 0.6 is 0 Å². The van der Waals surface area contributed by atoms with E-state index in [2.05, 4.69) is 4.98 Å². The molecule has 0 spiro atoms. The van der Waals surface area contributed by atoms with E-state index in [0.717, 1.165) is 0 Å². The van der Waals surface area contributed by atoms with Crippen LogP contribution in [0.2, 0.25) is 0 Å². The molecule has 112 valence electrons. The smallest absolute Gasteiger partial charge is 0.303 e. The van der Waals surface area contributed by atoms with Crippen LogP contribution in [0.4, 0.5) is 0 Å². The Kier molecular flexibility index (Phi) is 4.44. The number of carboxylic acids is 1. The van der Waals surface area contributed by atoms with Crippen molar-refractivity contribution in [2.45, 2.75) is 30.7 Å². The number of hydrogen-bond donors (Lipinski definition) is 1. The molecule has 7 nitrogen and oxygen atoms in total. The van der Waals surface area contributed by atoms with Crippen molar-refractivity contribution in [1.82, 2.24) is 13.9 Å². The van der Waals surface area contributed by atoms with E-state index >= 15 is 0 Å². The van der Waals surface area contributed by atoms with Crippen LogP contribution in [0.1, 0.15) is 25.7 Å². The number of nitrogens with zero attached hydrogens (tertiary/aromatic N) is 3. The van der Waals surface area contributed by atoms with Crippen LogP contribution in [0, 0.1) is 5.92 Å². The van der Waals surface area contributed by atoms with Crippen molar-refractivity contribution in [1.29, 1.82) is 0 Å². The second-order valence-corrected chi connectivity index (χ2v) is 7.04. The molecule has 0 aromatic carbocycles. The SMILES string of the molecule is Cn1cnc(S(=O)(=O)N2CCC(CCC(=O)O)CC2)c1. The van der Waals surface area contributed by atoms with Gasteiger partial charge in [-0.1, -0.05) is 0 Å². The fourth-order valence-electron chi connectivity index (χ4n) is 2.42. The summed E-state index contributed by atoms with van der Waals surface area (Å²) in [5, 5.41) is 8.73. The van der Waals surface area contributed by atoms with Crippen LogP contribution in [-0.4, -0.2) is 46.4 Å². The summed E-state index contributed by atoms with van der Waals surface area (Å²) < 4.78 is 27.7. The van der Waals surface area contributed by atoms with Crippen molar-refractivity contribution in [2.75, 3.05) is 13.1 Å². The highest BCUT2D eigenvalue weighted by molar-refractivity contribution is 7.89. The second kappa shape index (κ2) is 5.92. The summed E-state index contributed by atoms with van der Waals surface area (Å²) in [4.78, 5) is 14.4. The Morgan fingerprint density at radius 3 is 2.60 bits per heavy atom. The number of aryl methyl sites for hydroxylation is 1. The zero-order valence-electron chi connectivity index (χ0n) is 11.4. The maximum atomic E-state index is 12.3. The highest BCUT2D eigenvalue weighted by Crippen LogP contribution is 2.25. The standard InChI is InChI=1S/C12H19N3O4S/c1-14-8-11(13-9-14)20(18,19)15-6-4-10(5-7-15)2-3-12(16)17/h8-10H,2-7H2,1H3,(H,16,17). The van der Waals surface area contributed by atoms with Gasteiger partial charge in [0, 0.05) is 32.8 Å². The minimum Gasteiger partial charge on any atom is -0.481 e. The number of carbonyl (C=O) groups is 1. The van der Waals surface area contributed by atoms with Crippen molar-refractivity contribution >= 4 is 16.0 Å². The van der Waals surface area contributed by atoms with E-state index in [0.29, 0.717) is 38.3 Å². The van der Waals surface area contributed by atoms with Crippen molar-refractivity contribution in [2.24, 2.45) is 13.0 Å². The number of aromatic nitrogens is 2. The molecule has 1 N–H and O–H groups in total. The van der Waals surface area contributed by atoms with Gasteiger partial charge in [0.15, 0.2) is 5.03 Å². The molecule has 0 saturated carbocycles. The summed E-state index contributed by atoms with van der Waals surface area (Å²) in [7, 11) is -1.78. The summed E-state index contributed by atoms with van der Waals surface area (Å²) >= 11 is 0. The third-order valence-corrected chi connectivity index (χ3v) is 5.41. The van der Waals surface area contributed by atoms with Crippen LogP contribution in [-0.2, 0) is 21.9 Å². The Labute approximate surface area is 118 Å². The van der Waals surface area contributed by atoms with Crippen LogP contribution in [0.3, 0.4) is 0 Å². The first-order valence-electron chi connectivity index (χ1n) is 6.59. The van der Waals surface area contributed by atoms with Crippen LogP contribution < -0.4 is 0 Å². The molecule has 1 fully saturated rings. The maximum Gasteiger partial charge on any atom is 0.303 e. The van der Waals surface area contributed by atoms with Gasteiger partial charge in [0.1, 0.15) is 0 Å². The Balaban J connectivity index is 1.95. The average molecular weight is 301 g/mol. The molecule has 2 heterocycles. The predicted octanol–water partition coefficient (Wildman–Crippen LogP) is 0.686. The minimum absolute atomic E-state index is 0.0731. The third-order valence-electron chi connectivity index (χ3n) is 3.63. The normalized spacial score (nSPS) is 18.2. The molecule has 1 aliphatic rings. The lowest BCUT2D eigenvalue weighted by Crippen LogP contribution is -2.38. The largest absolute Gasteiger partial charge is 0.481 e. The fourth-order valence-corrected chi connectivity index (χ4v) is 3.86. The monoisotopic (exact) mass is 301 g/mol. The Morgan fingerprint density at radius 1 is 1.45 bits per heavy atom.